The minimum Gasteiger partial charge on any atom is -0.309 e. The number of hydrogen-bond donors (Lipinski definition) is 0. The van der Waals surface area contributed by atoms with Gasteiger partial charge in [0.1, 0.15) is 0 Å². The van der Waals surface area contributed by atoms with Crippen molar-refractivity contribution in [3.63, 3.8) is 0 Å². The van der Waals surface area contributed by atoms with Crippen molar-refractivity contribution in [2.45, 2.75) is 6.92 Å². The maximum Gasteiger partial charge on any atom is 0.160 e. The molecule has 11 aromatic rings. The highest BCUT2D eigenvalue weighted by Crippen LogP contribution is 2.39. The molecule has 0 aliphatic carbocycles. The van der Waals surface area contributed by atoms with Gasteiger partial charge < -0.3 is 9.13 Å². The normalized spacial score (nSPS) is 11.6. The SMILES string of the molecule is Cc1c(-c2ccccc2)nc(-c2cccc(-n3c4ccccc4c4cc(-c5ccc6c(c5)c5ccccc5n6-c5ccccc5)ccc43)c2)nc1-c1ccccc1. The van der Waals surface area contributed by atoms with Gasteiger partial charge in [0.05, 0.1) is 33.5 Å². The van der Waals surface area contributed by atoms with Gasteiger partial charge >= 0.3 is 0 Å². The molecule has 4 heteroatoms. The van der Waals surface area contributed by atoms with Crippen LogP contribution in [0, 0.1) is 6.92 Å². The van der Waals surface area contributed by atoms with E-state index >= 15 is 0 Å². The van der Waals surface area contributed by atoms with E-state index in [0.717, 1.165) is 56.0 Å². The first-order valence-corrected chi connectivity index (χ1v) is 19.4. The molecule has 268 valence electrons. The molecule has 11 rings (SSSR count). The Balaban J connectivity index is 1.05. The van der Waals surface area contributed by atoms with E-state index in [0.29, 0.717) is 5.82 Å². The zero-order chi connectivity index (χ0) is 37.9. The second-order valence-corrected chi connectivity index (χ2v) is 14.7. The number of benzene rings is 8. The summed E-state index contributed by atoms with van der Waals surface area (Å²) in [6, 6.07) is 71.3. The molecule has 0 saturated carbocycles. The molecule has 8 aromatic carbocycles. The second-order valence-electron chi connectivity index (χ2n) is 14.7. The van der Waals surface area contributed by atoms with Gasteiger partial charge in [0.25, 0.3) is 0 Å². The van der Waals surface area contributed by atoms with Gasteiger partial charge in [0.2, 0.25) is 0 Å². The molecule has 0 aliphatic heterocycles. The lowest BCUT2D eigenvalue weighted by atomic mass is 10.0. The molecule has 0 N–H and O–H groups in total. The number of para-hydroxylation sites is 3. The Morgan fingerprint density at radius 1 is 0.316 bits per heavy atom. The Hall–Kier alpha value is -7.56. The highest BCUT2D eigenvalue weighted by atomic mass is 15.0. The van der Waals surface area contributed by atoms with E-state index in [2.05, 4.69) is 204 Å². The summed E-state index contributed by atoms with van der Waals surface area (Å²) >= 11 is 0. The molecule has 57 heavy (non-hydrogen) atoms. The zero-order valence-electron chi connectivity index (χ0n) is 31.3. The molecule has 0 atom stereocenters. The predicted octanol–water partition coefficient (Wildman–Crippen LogP) is 13.6. The molecule has 0 unspecified atom stereocenters. The molecule has 0 aliphatic rings. The van der Waals surface area contributed by atoms with Crippen molar-refractivity contribution in [1.29, 1.82) is 0 Å². The Kier molecular flexibility index (Phi) is 7.68. The van der Waals surface area contributed by atoms with Crippen LogP contribution in [0.25, 0.3) is 100 Å². The fourth-order valence-electron chi connectivity index (χ4n) is 8.62. The van der Waals surface area contributed by atoms with Crippen LogP contribution in [-0.4, -0.2) is 19.1 Å². The third-order valence-electron chi connectivity index (χ3n) is 11.3. The Morgan fingerprint density at radius 3 is 1.28 bits per heavy atom. The van der Waals surface area contributed by atoms with Crippen LogP contribution in [0.3, 0.4) is 0 Å². The summed E-state index contributed by atoms with van der Waals surface area (Å²) < 4.78 is 4.74. The third kappa shape index (κ3) is 5.45. The first-order valence-electron chi connectivity index (χ1n) is 19.4. The van der Waals surface area contributed by atoms with E-state index in [1.165, 1.54) is 43.7 Å². The number of hydrogen-bond acceptors (Lipinski definition) is 2. The molecule has 0 radical (unpaired) electrons. The van der Waals surface area contributed by atoms with Gasteiger partial charge in [-0.1, -0.05) is 140 Å². The smallest absolute Gasteiger partial charge is 0.160 e. The van der Waals surface area contributed by atoms with Crippen LogP contribution in [0.1, 0.15) is 5.56 Å². The summed E-state index contributed by atoms with van der Waals surface area (Å²) in [6.45, 7) is 2.12. The average Bonchev–Trinajstić information content (AvgIpc) is 3.79. The van der Waals surface area contributed by atoms with E-state index in [1.807, 2.05) is 12.1 Å². The maximum absolute atomic E-state index is 5.23. The van der Waals surface area contributed by atoms with E-state index in [1.54, 1.807) is 0 Å². The third-order valence-corrected chi connectivity index (χ3v) is 11.3. The van der Waals surface area contributed by atoms with Crippen LogP contribution < -0.4 is 0 Å². The predicted molar refractivity (Wildman–Crippen MR) is 237 cm³/mol. The molecule has 0 amide bonds. The van der Waals surface area contributed by atoms with Crippen LogP contribution in [-0.2, 0) is 0 Å². The lowest BCUT2D eigenvalue weighted by Gasteiger charge is -2.15. The van der Waals surface area contributed by atoms with Crippen LogP contribution in [0.2, 0.25) is 0 Å². The average molecular weight is 729 g/mol. The molecular weight excluding hydrogens is 693 g/mol. The Morgan fingerprint density at radius 2 is 0.737 bits per heavy atom. The minimum absolute atomic E-state index is 0.701. The number of rotatable bonds is 6. The van der Waals surface area contributed by atoms with Crippen molar-refractivity contribution in [2.75, 3.05) is 0 Å². The van der Waals surface area contributed by atoms with E-state index < -0.39 is 0 Å². The zero-order valence-corrected chi connectivity index (χ0v) is 31.3. The summed E-state index contributed by atoms with van der Waals surface area (Å²) in [4.78, 5) is 10.5. The first kappa shape index (κ1) is 32.8. The van der Waals surface area contributed by atoms with Crippen LogP contribution in [0.15, 0.2) is 200 Å². The van der Waals surface area contributed by atoms with Gasteiger partial charge in [-0.2, -0.15) is 0 Å². The summed E-state index contributed by atoms with van der Waals surface area (Å²) in [6.07, 6.45) is 0. The highest BCUT2D eigenvalue weighted by molar-refractivity contribution is 6.12. The lowest BCUT2D eigenvalue weighted by Crippen LogP contribution is -2.01. The van der Waals surface area contributed by atoms with Crippen LogP contribution >= 0.6 is 0 Å². The Bertz CT molecular complexity index is 3230. The molecule has 0 bridgehead atoms. The maximum atomic E-state index is 5.23. The second kappa shape index (κ2) is 13.3. The summed E-state index contributed by atoms with van der Waals surface area (Å²) in [7, 11) is 0. The van der Waals surface area contributed by atoms with Gasteiger partial charge in [-0.15, -0.1) is 0 Å². The van der Waals surface area contributed by atoms with Crippen molar-refractivity contribution in [3.8, 4) is 56.4 Å². The fraction of sp³-hybridized carbons (Fsp3) is 0.0189. The van der Waals surface area contributed by atoms with Crippen molar-refractivity contribution < 1.29 is 0 Å². The largest absolute Gasteiger partial charge is 0.309 e. The molecule has 0 spiro atoms. The van der Waals surface area contributed by atoms with Gasteiger partial charge in [0.15, 0.2) is 5.82 Å². The monoisotopic (exact) mass is 728 g/mol. The molecule has 3 heterocycles. The van der Waals surface area contributed by atoms with Gasteiger partial charge in [-0.05, 0) is 78.7 Å². The van der Waals surface area contributed by atoms with E-state index in [-0.39, 0.29) is 0 Å². The van der Waals surface area contributed by atoms with Crippen molar-refractivity contribution in [2.24, 2.45) is 0 Å². The topological polar surface area (TPSA) is 35.6 Å². The summed E-state index contributed by atoms with van der Waals surface area (Å²) in [5.74, 6) is 0.701. The van der Waals surface area contributed by atoms with E-state index in [4.69, 9.17) is 9.97 Å². The molecule has 4 nitrogen and oxygen atoms in total. The highest BCUT2D eigenvalue weighted by Gasteiger charge is 2.19. The van der Waals surface area contributed by atoms with Gasteiger partial charge in [0, 0.05) is 55.2 Å². The van der Waals surface area contributed by atoms with E-state index in [9.17, 15) is 0 Å². The molecule has 0 fully saturated rings. The molecule has 0 saturated heterocycles. The summed E-state index contributed by atoms with van der Waals surface area (Å²) in [5, 5.41) is 4.92. The lowest BCUT2D eigenvalue weighted by molar-refractivity contribution is 1.14. The first-order chi connectivity index (χ1) is 28.2. The van der Waals surface area contributed by atoms with Gasteiger partial charge in [-0.3, -0.25) is 0 Å². The minimum atomic E-state index is 0.701. The number of fused-ring (bicyclic) bond motifs is 6. The molecule has 3 aromatic heterocycles. The number of aromatic nitrogens is 4. The Labute approximate surface area is 330 Å². The fourth-order valence-corrected chi connectivity index (χ4v) is 8.62. The van der Waals surface area contributed by atoms with Crippen molar-refractivity contribution in [3.05, 3.63) is 206 Å². The van der Waals surface area contributed by atoms with Gasteiger partial charge in [-0.25, -0.2) is 9.97 Å². The standard InChI is InChI=1S/C53H36N4/c1-35-51(36-16-5-2-6-17-36)54-53(55-52(35)37-18-7-3-8-19-37)40-20-15-23-42(32-40)57-48-27-14-12-25-44(48)46-34-39(29-31-50(46)57)38-28-30-49-45(33-38)43-24-11-13-26-47(43)56(49)41-21-9-4-10-22-41/h2-34H,1H3. The molecular formula is C53H36N4. The van der Waals surface area contributed by atoms with Crippen molar-refractivity contribution in [1.82, 2.24) is 19.1 Å². The summed E-state index contributed by atoms with van der Waals surface area (Å²) in [5.41, 5.74) is 15.4. The number of nitrogens with zero attached hydrogens (tertiary/aromatic N) is 4. The van der Waals surface area contributed by atoms with Crippen molar-refractivity contribution >= 4 is 43.6 Å². The van der Waals surface area contributed by atoms with Crippen LogP contribution in [0.5, 0.6) is 0 Å². The van der Waals surface area contributed by atoms with Crippen LogP contribution in [0.4, 0.5) is 0 Å². The quantitative estimate of drug-likeness (QED) is 0.171.